The van der Waals surface area contributed by atoms with Gasteiger partial charge in [-0.3, -0.25) is 9.89 Å². The Hall–Kier alpha value is -1.89. The lowest BCUT2D eigenvalue weighted by atomic mass is 9.86. The van der Waals surface area contributed by atoms with Gasteiger partial charge in [-0.25, -0.2) is 4.79 Å². The number of hydrogen-bond acceptors (Lipinski definition) is 4. The number of H-pyrrole nitrogens is 1. The Morgan fingerprint density at radius 1 is 1.36 bits per heavy atom. The van der Waals surface area contributed by atoms with Gasteiger partial charge in [-0.2, -0.15) is 5.10 Å². The minimum absolute atomic E-state index is 0.314. The maximum absolute atomic E-state index is 12.5. The van der Waals surface area contributed by atoms with Crippen molar-refractivity contribution in [2.45, 2.75) is 26.8 Å². The van der Waals surface area contributed by atoms with Crippen LogP contribution in [0.4, 0.5) is 0 Å². The number of para-hydroxylation sites is 1. The van der Waals surface area contributed by atoms with E-state index in [0.717, 1.165) is 4.47 Å². The smallest absolute Gasteiger partial charge is 0.328 e. The fraction of sp³-hybridized carbons (Fsp3) is 0.400. The van der Waals surface area contributed by atoms with Crippen LogP contribution >= 0.6 is 15.9 Å². The van der Waals surface area contributed by atoms with E-state index < -0.39 is 23.3 Å². The molecule has 0 aliphatic heterocycles. The van der Waals surface area contributed by atoms with Crippen LogP contribution in [0.2, 0.25) is 0 Å². The summed E-state index contributed by atoms with van der Waals surface area (Å²) in [7, 11) is 1.30. The van der Waals surface area contributed by atoms with Gasteiger partial charge in [0.2, 0.25) is 0 Å². The third-order valence-corrected chi connectivity index (χ3v) is 3.98. The molecule has 0 radical (unpaired) electrons. The number of carbonyl (C=O) groups excluding carboxylic acids is 2. The van der Waals surface area contributed by atoms with Gasteiger partial charge < -0.3 is 10.1 Å². The summed E-state index contributed by atoms with van der Waals surface area (Å²) in [5, 5.41) is 10.3. The highest BCUT2D eigenvalue weighted by molar-refractivity contribution is 9.10. The topological polar surface area (TPSA) is 84.1 Å². The average Bonchev–Trinajstić information content (AvgIpc) is 2.88. The second kappa shape index (κ2) is 6.08. The number of methoxy groups -OCH3 is 1. The Kier molecular flexibility index (Phi) is 4.55. The number of rotatable bonds is 3. The molecule has 1 atom stereocenters. The normalized spacial score (nSPS) is 13.0. The Morgan fingerprint density at radius 2 is 2.05 bits per heavy atom. The predicted octanol–water partition coefficient (Wildman–Crippen LogP) is 2.64. The largest absolute Gasteiger partial charge is 0.467 e. The summed E-state index contributed by atoms with van der Waals surface area (Å²) in [6.07, 6.45) is 0. The molecule has 0 saturated heterocycles. The van der Waals surface area contributed by atoms with Gasteiger partial charge in [0.05, 0.1) is 7.11 Å². The molecule has 7 heteroatoms. The molecule has 1 amide bonds. The summed E-state index contributed by atoms with van der Waals surface area (Å²) in [4.78, 5) is 24.4. The van der Waals surface area contributed by atoms with Gasteiger partial charge in [-0.1, -0.05) is 32.9 Å². The first kappa shape index (κ1) is 16.5. The van der Waals surface area contributed by atoms with E-state index in [1.807, 2.05) is 32.9 Å². The van der Waals surface area contributed by atoms with Crippen molar-refractivity contribution in [2.24, 2.45) is 5.41 Å². The standard InChI is InChI=1S/C15H18BrN3O3/c1-15(2,3)12(14(21)22-4)17-13(20)11-8-6-5-7-9(16)10(8)18-19-11/h5-7,12H,1-4H3,(H,17,20)(H,18,19). The first-order chi connectivity index (χ1) is 10.3. The quantitative estimate of drug-likeness (QED) is 0.816. The average molecular weight is 368 g/mol. The van der Waals surface area contributed by atoms with E-state index in [4.69, 9.17) is 4.74 Å². The van der Waals surface area contributed by atoms with Gasteiger partial charge in [0, 0.05) is 9.86 Å². The van der Waals surface area contributed by atoms with E-state index in [1.165, 1.54) is 7.11 Å². The summed E-state index contributed by atoms with van der Waals surface area (Å²) >= 11 is 3.39. The van der Waals surface area contributed by atoms with Crippen LogP contribution in [-0.4, -0.2) is 35.2 Å². The van der Waals surface area contributed by atoms with Crippen molar-refractivity contribution in [1.82, 2.24) is 15.5 Å². The Labute approximate surface area is 136 Å². The molecular weight excluding hydrogens is 350 g/mol. The number of esters is 1. The molecule has 6 nitrogen and oxygen atoms in total. The van der Waals surface area contributed by atoms with Crippen LogP contribution in [0.15, 0.2) is 22.7 Å². The molecular formula is C15H18BrN3O3. The van der Waals surface area contributed by atoms with Crippen LogP contribution in [0, 0.1) is 5.41 Å². The predicted molar refractivity (Wildman–Crippen MR) is 86.5 cm³/mol. The monoisotopic (exact) mass is 367 g/mol. The van der Waals surface area contributed by atoms with Gasteiger partial charge in [-0.15, -0.1) is 0 Å². The lowest BCUT2D eigenvalue weighted by Gasteiger charge is -2.28. The van der Waals surface area contributed by atoms with Crippen LogP contribution in [0.25, 0.3) is 10.9 Å². The van der Waals surface area contributed by atoms with Crippen LogP contribution in [0.5, 0.6) is 0 Å². The molecule has 2 rings (SSSR count). The number of aromatic amines is 1. The van der Waals surface area contributed by atoms with Crippen molar-refractivity contribution in [1.29, 1.82) is 0 Å². The highest BCUT2D eigenvalue weighted by atomic mass is 79.9. The molecule has 1 unspecified atom stereocenters. The molecule has 1 heterocycles. The van der Waals surface area contributed by atoms with E-state index >= 15 is 0 Å². The van der Waals surface area contributed by atoms with Crippen molar-refractivity contribution < 1.29 is 14.3 Å². The molecule has 0 spiro atoms. The van der Waals surface area contributed by atoms with Crippen molar-refractivity contribution >= 4 is 38.7 Å². The Bertz CT molecular complexity index is 718. The molecule has 1 aromatic heterocycles. The van der Waals surface area contributed by atoms with E-state index in [0.29, 0.717) is 16.6 Å². The lowest BCUT2D eigenvalue weighted by molar-refractivity contribution is -0.145. The van der Waals surface area contributed by atoms with Crippen molar-refractivity contribution in [3.8, 4) is 0 Å². The number of amides is 1. The first-order valence-electron chi connectivity index (χ1n) is 6.77. The fourth-order valence-electron chi connectivity index (χ4n) is 2.13. The maximum atomic E-state index is 12.5. The minimum Gasteiger partial charge on any atom is -0.467 e. The molecule has 0 saturated carbocycles. The highest BCUT2D eigenvalue weighted by Crippen LogP contribution is 2.25. The van der Waals surface area contributed by atoms with Crippen LogP contribution in [0.3, 0.4) is 0 Å². The zero-order valence-electron chi connectivity index (χ0n) is 12.9. The third kappa shape index (κ3) is 3.14. The summed E-state index contributed by atoms with van der Waals surface area (Å²) in [5.41, 5.74) is 0.506. The maximum Gasteiger partial charge on any atom is 0.328 e. The van der Waals surface area contributed by atoms with E-state index in [1.54, 1.807) is 6.07 Å². The number of benzene rings is 1. The van der Waals surface area contributed by atoms with Crippen molar-refractivity contribution in [3.05, 3.63) is 28.4 Å². The molecule has 0 aliphatic carbocycles. The van der Waals surface area contributed by atoms with Gasteiger partial charge in [0.25, 0.3) is 5.91 Å². The Morgan fingerprint density at radius 3 is 2.64 bits per heavy atom. The molecule has 0 fully saturated rings. The van der Waals surface area contributed by atoms with Crippen LogP contribution in [-0.2, 0) is 9.53 Å². The number of halogens is 1. The van der Waals surface area contributed by atoms with Gasteiger partial charge in [0.1, 0.15) is 17.3 Å². The van der Waals surface area contributed by atoms with Gasteiger partial charge in [0.15, 0.2) is 0 Å². The number of nitrogens with one attached hydrogen (secondary N) is 2. The van der Waals surface area contributed by atoms with Gasteiger partial charge >= 0.3 is 5.97 Å². The number of hydrogen-bond donors (Lipinski definition) is 2. The molecule has 1 aromatic carbocycles. The zero-order chi connectivity index (χ0) is 16.5. The molecule has 22 heavy (non-hydrogen) atoms. The zero-order valence-corrected chi connectivity index (χ0v) is 14.4. The molecule has 0 bridgehead atoms. The van der Waals surface area contributed by atoms with Gasteiger partial charge in [-0.05, 0) is 27.4 Å². The third-order valence-electron chi connectivity index (χ3n) is 3.34. The second-order valence-corrected chi connectivity index (χ2v) is 6.88. The summed E-state index contributed by atoms with van der Waals surface area (Å²) in [5.74, 6) is -0.878. The van der Waals surface area contributed by atoms with E-state index in [-0.39, 0.29) is 0 Å². The summed E-state index contributed by atoms with van der Waals surface area (Å²) < 4.78 is 5.57. The second-order valence-electron chi connectivity index (χ2n) is 6.03. The first-order valence-corrected chi connectivity index (χ1v) is 7.56. The SMILES string of the molecule is COC(=O)C(NC(=O)c1[nH]nc2c(Br)cccc12)C(C)(C)C. The fourth-order valence-corrected chi connectivity index (χ4v) is 2.58. The molecule has 2 aromatic rings. The molecule has 0 aliphatic rings. The van der Waals surface area contributed by atoms with Crippen molar-refractivity contribution in [3.63, 3.8) is 0 Å². The van der Waals surface area contributed by atoms with E-state index in [9.17, 15) is 9.59 Å². The van der Waals surface area contributed by atoms with Crippen molar-refractivity contribution in [2.75, 3.05) is 7.11 Å². The number of carbonyl (C=O) groups is 2. The van der Waals surface area contributed by atoms with E-state index in [2.05, 4.69) is 31.4 Å². The van der Waals surface area contributed by atoms with Crippen LogP contribution in [0.1, 0.15) is 31.3 Å². The number of aromatic nitrogens is 2. The number of fused-ring (bicyclic) bond motifs is 1. The molecule has 2 N–H and O–H groups in total. The highest BCUT2D eigenvalue weighted by Gasteiger charge is 2.34. The van der Waals surface area contributed by atoms with Crippen LogP contribution < -0.4 is 5.32 Å². The number of nitrogens with zero attached hydrogens (tertiary/aromatic N) is 1. The molecule has 118 valence electrons. The summed E-state index contributed by atoms with van der Waals surface area (Å²) in [6, 6.07) is 4.70. The summed E-state index contributed by atoms with van der Waals surface area (Å²) in [6.45, 7) is 5.57. The minimum atomic E-state index is -0.754. The Balaban J connectivity index is 2.34. The number of ether oxygens (including phenoxy) is 1. The lowest BCUT2D eigenvalue weighted by Crippen LogP contribution is -2.49.